The van der Waals surface area contributed by atoms with Crippen molar-refractivity contribution in [2.45, 2.75) is 31.6 Å². The van der Waals surface area contributed by atoms with Crippen molar-refractivity contribution in [3.05, 3.63) is 53.0 Å². The van der Waals surface area contributed by atoms with Crippen LogP contribution in [0, 0.1) is 5.41 Å². The molecule has 0 radical (unpaired) electrons. The zero-order chi connectivity index (χ0) is 24.1. The number of thiophene rings is 1. The third kappa shape index (κ3) is 4.42. The van der Waals surface area contributed by atoms with E-state index < -0.39 is 9.84 Å². The van der Waals surface area contributed by atoms with Crippen LogP contribution < -0.4 is 4.90 Å². The van der Waals surface area contributed by atoms with Crippen molar-refractivity contribution < 1.29 is 17.9 Å². The molecular weight excluding hydrogens is 468 g/mol. The number of ketones is 1. The highest BCUT2D eigenvalue weighted by Gasteiger charge is 2.37. The molecule has 0 bridgehead atoms. The molecule has 0 amide bonds. The van der Waals surface area contributed by atoms with E-state index in [0.29, 0.717) is 25.3 Å². The van der Waals surface area contributed by atoms with Gasteiger partial charge in [0.05, 0.1) is 33.7 Å². The number of ether oxygens (including phenoxy) is 1. The van der Waals surface area contributed by atoms with Gasteiger partial charge in [-0.1, -0.05) is 26.0 Å². The van der Waals surface area contributed by atoms with E-state index in [2.05, 4.69) is 23.7 Å². The van der Waals surface area contributed by atoms with Gasteiger partial charge in [-0.2, -0.15) is 0 Å². The van der Waals surface area contributed by atoms with Gasteiger partial charge in [-0.3, -0.25) is 9.78 Å². The lowest BCUT2D eigenvalue weighted by molar-refractivity contribution is 0.0918. The van der Waals surface area contributed by atoms with Gasteiger partial charge in [0.15, 0.2) is 15.6 Å². The van der Waals surface area contributed by atoms with Crippen molar-refractivity contribution in [3.63, 3.8) is 0 Å². The minimum absolute atomic E-state index is 0.0954. The van der Waals surface area contributed by atoms with Crippen LogP contribution in [0.1, 0.15) is 35.5 Å². The van der Waals surface area contributed by atoms with Gasteiger partial charge in [0, 0.05) is 43.1 Å². The molecule has 8 heteroatoms. The van der Waals surface area contributed by atoms with Crippen LogP contribution >= 0.6 is 11.3 Å². The van der Waals surface area contributed by atoms with Crippen molar-refractivity contribution >= 4 is 32.0 Å². The van der Waals surface area contributed by atoms with E-state index in [1.807, 2.05) is 18.2 Å². The molecule has 3 heterocycles. The summed E-state index contributed by atoms with van der Waals surface area (Å²) < 4.78 is 29.7. The van der Waals surface area contributed by atoms with Gasteiger partial charge in [-0.05, 0) is 47.2 Å². The maximum absolute atomic E-state index is 13.1. The number of benzene rings is 1. The molecule has 6 nitrogen and oxygen atoms in total. The van der Waals surface area contributed by atoms with Crippen LogP contribution in [-0.2, 0) is 21.0 Å². The Hall–Kier alpha value is -2.55. The third-order valence-electron chi connectivity index (χ3n) is 6.44. The summed E-state index contributed by atoms with van der Waals surface area (Å²) in [4.78, 5) is 21.1. The monoisotopic (exact) mass is 496 g/mol. The van der Waals surface area contributed by atoms with Gasteiger partial charge in [0.1, 0.15) is 0 Å². The zero-order valence-corrected chi connectivity index (χ0v) is 21.3. The molecule has 3 aromatic rings. The smallest absolute Gasteiger partial charge is 0.175 e. The number of morpholine rings is 1. The second-order valence-corrected chi connectivity index (χ2v) is 12.9. The number of carbonyl (C=O) groups excluding carboxylic acids is 1. The lowest BCUT2D eigenvalue weighted by Crippen LogP contribution is -2.36. The quantitative estimate of drug-likeness (QED) is 0.513. The Morgan fingerprint density at radius 2 is 1.82 bits per heavy atom. The maximum Gasteiger partial charge on any atom is 0.175 e. The van der Waals surface area contributed by atoms with Crippen LogP contribution in [0.2, 0.25) is 0 Å². The fraction of sp³-hybridized carbons (Fsp3) is 0.385. The molecule has 0 N–H and O–H groups in total. The van der Waals surface area contributed by atoms with Crippen molar-refractivity contribution in [2.75, 3.05) is 37.5 Å². The number of aromatic nitrogens is 1. The van der Waals surface area contributed by atoms with Crippen LogP contribution in [-0.4, -0.2) is 51.7 Å². The van der Waals surface area contributed by atoms with Gasteiger partial charge in [-0.15, -0.1) is 11.3 Å². The number of fused-ring (bicyclic) bond motifs is 1. The van der Waals surface area contributed by atoms with Crippen LogP contribution in [0.5, 0.6) is 0 Å². The molecule has 2 aliphatic rings. The second kappa shape index (κ2) is 8.59. The van der Waals surface area contributed by atoms with Crippen LogP contribution in [0.4, 0.5) is 5.00 Å². The lowest BCUT2D eigenvalue weighted by Gasteiger charge is -2.30. The SMILES string of the molecule is CC1(C)CC(=O)c2sc(N3CCOCC3)c(-c3ccnc(-c4cccc(S(C)(=O)=O)c4)c3)c2C1. The summed E-state index contributed by atoms with van der Waals surface area (Å²) in [6.45, 7) is 7.22. The molecule has 1 aliphatic carbocycles. The minimum Gasteiger partial charge on any atom is -0.378 e. The molecule has 1 aromatic carbocycles. The molecule has 1 saturated heterocycles. The predicted molar refractivity (Wildman–Crippen MR) is 136 cm³/mol. The van der Waals surface area contributed by atoms with Gasteiger partial charge in [0.2, 0.25) is 0 Å². The number of hydrogen-bond donors (Lipinski definition) is 0. The minimum atomic E-state index is -3.32. The number of nitrogens with zero attached hydrogens (tertiary/aromatic N) is 2. The van der Waals surface area contributed by atoms with Gasteiger partial charge in [-0.25, -0.2) is 8.42 Å². The number of Topliss-reactive ketones (excluding diaryl/α,β-unsaturated/α-hetero) is 1. The van der Waals surface area contributed by atoms with Gasteiger partial charge >= 0.3 is 0 Å². The maximum atomic E-state index is 13.1. The summed E-state index contributed by atoms with van der Waals surface area (Å²) in [5.74, 6) is 0.215. The number of hydrogen-bond acceptors (Lipinski definition) is 7. The van der Waals surface area contributed by atoms with Crippen LogP contribution in [0.25, 0.3) is 22.4 Å². The molecule has 0 unspecified atom stereocenters. The third-order valence-corrected chi connectivity index (χ3v) is 8.89. The average molecular weight is 497 g/mol. The summed E-state index contributed by atoms with van der Waals surface area (Å²) in [6, 6.07) is 10.9. The Labute approximate surface area is 204 Å². The van der Waals surface area contributed by atoms with Crippen molar-refractivity contribution in [2.24, 2.45) is 5.41 Å². The lowest BCUT2D eigenvalue weighted by atomic mass is 9.75. The molecule has 0 atom stereocenters. The molecule has 0 saturated carbocycles. The Bertz CT molecular complexity index is 1370. The molecule has 5 rings (SSSR count). The number of pyridine rings is 1. The first-order chi connectivity index (χ1) is 16.1. The molecule has 0 spiro atoms. The van der Waals surface area contributed by atoms with Crippen molar-refractivity contribution in [1.29, 1.82) is 0 Å². The summed E-state index contributed by atoms with van der Waals surface area (Å²) in [5.41, 5.74) is 4.58. The summed E-state index contributed by atoms with van der Waals surface area (Å²) >= 11 is 1.60. The largest absolute Gasteiger partial charge is 0.378 e. The Kier molecular flexibility index (Phi) is 5.86. The van der Waals surface area contributed by atoms with E-state index in [1.54, 1.807) is 35.7 Å². The van der Waals surface area contributed by atoms with Gasteiger partial charge in [0.25, 0.3) is 0 Å². The first-order valence-corrected chi connectivity index (χ1v) is 14.1. The highest BCUT2D eigenvalue weighted by molar-refractivity contribution is 7.90. The molecule has 1 aliphatic heterocycles. The summed E-state index contributed by atoms with van der Waals surface area (Å²) in [7, 11) is -3.32. The first kappa shape index (κ1) is 23.2. The summed E-state index contributed by atoms with van der Waals surface area (Å²) in [6.07, 6.45) is 4.37. The zero-order valence-electron chi connectivity index (χ0n) is 19.6. The molecular formula is C26H28N2O4S2. The second-order valence-electron chi connectivity index (χ2n) is 9.86. The van der Waals surface area contributed by atoms with Crippen LogP contribution in [0.15, 0.2) is 47.5 Å². The standard InChI is InChI=1S/C26H28N2O4S2/c1-26(2)15-20-23(25(28-9-11-32-12-10-28)33-24(20)22(29)16-26)18-7-8-27-21(14-18)17-5-4-6-19(13-17)34(3,30)31/h4-8,13-14H,9-12,15-16H2,1-3H3. The van der Waals surface area contributed by atoms with E-state index in [0.717, 1.165) is 51.6 Å². The fourth-order valence-electron chi connectivity index (χ4n) is 4.82. The normalized spacial score (nSPS) is 18.1. The average Bonchev–Trinajstić information content (AvgIpc) is 3.18. The van der Waals surface area contributed by atoms with Crippen molar-refractivity contribution in [1.82, 2.24) is 4.98 Å². The molecule has 2 aromatic heterocycles. The predicted octanol–water partition coefficient (Wildman–Crippen LogP) is 4.87. The van der Waals surface area contributed by atoms with E-state index in [9.17, 15) is 13.2 Å². The highest BCUT2D eigenvalue weighted by Crippen LogP contribution is 2.49. The van der Waals surface area contributed by atoms with E-state index >= 15 is 0 Å². The number of anilines is 1. The fourth-order valence-corrected chi connectivity index (χ4v) is 6.82. The highest BCUT2D eigenvalue weighted by atomic mass is 32.2. The van der Waals surface area contributed by atoms with Gasteiger partial charge < -0.3 is 9.64 Å². The number of sulfone groups is 1. The van der Waals surface area contributed by atoms with Crippen molar-refractivity contribution in [3.8, 4) is 22.4 Å². The Morgan fingerprint density at radius 3 is 2.56 bits per heavy atom. The summed E-state index contributed by atoms with van der Waals surface area (Å²) in [5, 5.41) is 1.11. The number of rotatable bonds is 4. The van der Waals surface area contributed by atoms with Crippen LogP contribution in [0.3, 0.4) is 0 Å². The molecule has 1 fully saturated rings. The van der Waals surface area contributed by atoms with E-state index in [-0.39, 0.29) is 16.1 Å². The molecule has 34 heavy (non-hydrogen) atoms. The Balaban J connectivity index is 1.66. The first-order valence-electron chi connectivity index (χ1n) is 11.4. The molecule has 178 valence electrons. The van der Waals surface area contributed by atoms with E-state index in [4.69, 9.17) is 4.74 Å². The Morgan fingerprint density at radius 1 is 1.06 bits per heavy atom. The topological polar surface area (TPSA) is 76.6 Å². The number of carbonyl (C=O) groups is 1. The van der Waals surface area contributed by atoms with E-state index in [1.165, 1.54) is 6.26 Å².